The van der Waals surface area contributed by atoms with Crippen molar-refractivity contribution < 1.29 is 19.0 Å². The molecule has 1 aliphatic rings. The Hall–Kier alpha value is -3.42. The van der Waals surface area contributed by atoms with E-state index in [9.17, 15) is 4.79 Å². The number of aliphatic imine (C=N–C) groups is 1. The first-order valence-electron chi connectivity index (χ1n) is 10.7. The summed E-state index contributed by atoms with van der Waals surface area (Å²) in [7, 11) is 5.07. The molecule has 0 saturated carbocycles. The molecular formula is C24H32N4O4. The molecule has 1 amide bonds. The fourth-order valence-electron chi connectivity index (χ4n) is 3.29. The van der Waals surface area contributed by atoms with Crippen LogP contribution in [0.5, 0.6) is 17.2 Å². The third kappa shape index (κ3) is 6.54. The van der Waals surface area contributed by atoms with E-state index in [-0.39, 0.29) is 24.6 Å². The van der Waals surface area contributed by atoms with Crippen LogP contribution >= 0.6 is 0 Å². The number of methoxy groups -OCH3 is 1. The van der Waals surface area contributed by atoms with Crippen LogP contribution in [0.2, 0.25) is 0 Å². The van der Waals surface area contributed by atoms with Crippen LogP contribution in [0, 0.1) is 0 Å². The van der Waals surface area contributed by atoms with E-state index in [1.807, 2.05) is 55.5 Å². The Morgan fingerprint density at radius 1 is 1.22 bits per heavy atom. The molecule has 0 bridgehead atoms. The van der Waals surface area contributed by atoms with Crippen molar-refractivity contribution in [2.45, 2.75) is 25.5 Å². The zero-order valence-electron chi connectivity index (χ0n) is 19.1. The number of nitrogens with zero attached hydrogens (tertiary/aromatic N) is 2. The molecule has 2 aromatic carbocycles. The van der Waals surface area contributed by atoms with Gasteiger partial charge >= 0.3 is 0 Å². The number of para-hydroxylation sites is 1. The lowest BCUT2D eigenvalue weighted by atomic mass is 10.0. The highest BCUT2D eigenvalue weighted by Gasteiger charge is 2.22. The summed E-state index contributed by atoms with van der Waals surface area (Å²) in [6.07, 6.45) is 0.662. The number of amides is 1. The number of hydrogen-bond donors (Lipinski definition) is 2. The van der Waals surface area contributed by atoms with Crippen molar-refractivity contribution in [1.82, 2.24) is 15.5 Å². The maximum Gasteiger partial charge on any atom is 0.243 e. The molecule has 0 saturated heterocycles. The molecule has 3 rings (SSSR count). The van der Waals surface area contributed by atoms with E-state index in [0.717, 1.165) is 29.2 Å². The van der Waals surface area contributed by atoms with Gasteiger partial charge in [0.15, 0.2) is 5.96 Å². The Balaban J connectivity index is 1.66. The van der Waals surface area contributed by atoms with Crippen LogP contribution in [0.25, 0.3) is 0 Å². The number of carbonyl (C=O) groups excluding carboxylic acids is 1. The van der Waals surface area contributed by atoms with Gasteiger partial charge in [0.2, 0.25) is 5.91 Å². The highest BCUT2D eigenvalue weighted by Crippen LogP contribution is 2.31. The number of carbonyl (C=O) groups is 1. The summed E-state index contributed by atoms with van der Waals surface area (Å²) in [6, 6.07) is 15.5. The first-order valence-corrected chi connectivity index (χ1v) is 10.7. The van der Waals surface area contributed by atoms with E-state index in [4.69, 9.17) is 14.2 Å². The summed E-state index contributed by atoms with van der Waals surface area (Å²) in [5, 5.41) is 6.77. The lowest BCUT2D eigenvalue weighted by Gasteiger charge is -2.28. The Kier molecular flexibility index (Phi) is 8.19. The molecule has 0 aromatic heterocycles. The summed E-state index contributed by atoms with van der Waals surface area (Å²) in [4.78, 5) is 18.1. The molecule has 2 aromatic rings. The van der Waals surface area contributed by atoms with Crippen molar-refractivity contribution in [2.75, 3.05) is 40.9 Å². The summed E-state index contributed by atoms with van der Waals surface area (Å²) >= 11 is 0. The third-order valence-corrected chi connectivity index (χ3v) is 5.08. The van der Waals surface area contributed by atoms with Crippen LogP contribution in [0.3, 0.4) is 0 Å². The monoisotopic (exact) mass is 440 g/mol. The average Bonchev–Trinajstić information content (AvgIpc) is 2.80. The van der Waals surface area contributed by atoms with Gasteiger partial charge in [-0.05, 0) is 25.1 Å². The molecule has 2 N–H and O–H groups in total. The van der Waals surface area contributed by atoms with Crippen LogP contribution < -0.4 is 24.8 Å². The minimum Gasteiger partial charge on any atom is -0.497 e. The summed E-state index contributed by atoms with van der Waals surface area (Å²) in [6.45, 7) is 3.15. The Labute approximate surface area is 189 Å². The SMILES string of the molecule is COc1cccc(OC(C)CNC(=NCC(=O)N(C)C)NC2CCOc3ccccc32)c1. The maximum atomic E-state index is 12.1. The van der Waals surface area contributed by atoms with E-state index in [0.29, 0.717) is 19.1 Å². The van der Waals surface area contributed by atoms with Crippen molar-refractivity contribution >= 4 is 11.9 Å². The summed E-state index contributed by atoms with van der Waals surface area (Å²) < 4.78 is 17.0. The van der Waals surface area contributed by atoms with Crippen LogP contribution in [0.4, 0.5) is 0 Å². The number of benzene rings is 2. The number of fused-ring (bicyclic) bond motifs is 1. The fraction of sp³-hybridized carbons (Fsp3) is 0.417. The molecule has 32 heavy (non-hydrogen) atoms. The smallest absolute Gasteiger partial charge is 0.243 e. The number of likely N-dealkylation sites (N-methyl/N-ethyl adjacent to an activating group) is 1. The predicted octanol–water partition coefficient (Wildman–Crippen LogP) is 2.61. The van der Waals surface area contributed by atoms with E-state index >= 15 is 0 Å². The van der Waals surface area contributed by atoms with Crippen LogP contribution in [0.1, 0.15) is 24.9 Å². The number of guanidine groups is 1. The molecule has 2 unspecified atom stereocenters. The summed E-state index contributed by atoms with van der Waals surface area (Å²) in [5.74, 6) is 2.83. The highest BCUT2D eigenvalue weighted by atomic mass is 16.5. The number of rotatable bonds is 8. The number of hydrogen-bond acceptors (Lipinski definition) is 5. The lowest BCUT2D eigenvalue weighted by molar-refractivity contribution is -0.127. The van der Waals surface area contributed by atoms with Gasteiger partial charge in [0.25, 0.3) is 0 Å². The quantitative estimate of drug-likeness (QED) is 0.485. The van der Waals surface area contributed by atoms with Crippen LogP contribution in [0.15, 0.2) is 53.5 Å². The third-order valence-electron chi connectivity index (χ3n) is 5.08. The molecule has 172 valence electrons. The largest absolute Gasteiger partial charge is 0.497 e. The van der Waals surface area contributed by atoms with Gasteiger partial charge in [0.05, 0.1) is 26.3 Å². The maximum absolute atomic E-state index is 12.1. The molecule has 0 aliphatic carbocycles. The molecule has 0 radical (unpaired) electrons. The second-order valence-corrected chi connectivity index (χ2v) is 7.81. The second kappa shape index (κ2) is 11.3. The number of ether oxygens (including phenoxy) is 3. The fourth-order valence-corrected chi connectivity index (χ4v) is 3.29. The van der Waals surface area contributed by atoms with Crippen molar-refractivity contribution in [3.8, 4) is 17.2 Å². The topological polar surface area (TPSA) is 84.4 Å². The average molecular weight is 441 g/mol. The first-order chi connectivity index (χ1) is 15.5. The number of nitrogens with one attached hydrogen (secondary N) is 2. The van der Waals surface area contributed by atoms with Gasteiger partial charge < -0.3 is 29.7 Å². The van der Waals surface area contributed by atoms with Gasteiger partial charge in [0, 0.05) is 32.1 Å². The van der Waals surface area contributed by atoms with Crippen molar-refractivity contribution in [3.05, 3.63) is 54.1 Å². The minimum absolute atomic E-state index is 0.0373. The standard InChI is InChI=1S/C24H32N4O4/c1-17(32-19-9-7-8-18(14-19)30-4)15-25-24(26-16-23(29)28(2)3)27-21-12-13-31-22-11-6-5-10-20(21)22/h5-11,14,17,21H,12-13,15-16H2,1-4H3,(H2,25,26,27). The highest BCUT2D eigenvalue weighted by molar-refractivity contribution is 5.85. The molecule has 1 aliphatic heterocycles. The van der Waals surface area contributed by atoms with E-state index in [1.54, 1.807) is 21.2 Å². The second-order valence-electron chi connectivity index (χ2n) is 7.81. The Bertz CT molecular complexity index is 932. The van der Waals surface area contributed by atoms with Gasteiger partial charge in [-0.15, -0.1) is 0 Å². The minimum atomic E-state index is -0.138. The van der Waals surface area contributed by atoms with E-state index in [1.165, 1.54) is 4.90 Å². The first kappa shape index (κ1) is 23.2. The van der Waals surface area contributed by atoms with Gasteiger partial charge in [-0.3, -0.25) is 4.79 Å². The molecule has 0 fully saturated rings. The molecule has 8 heteroatoms. The van der Waals surface area contributed by atoms with E-state index < -0.39 is 0 Å². The molecule has 0 spiro atoms. The normalized spacial score (nSPS) is 16.2. The van der Waals surface area contributed by atoms with Gasteiger partial charge in [-0.2, -0.15) is 0 Å². The van der Waals surface area contributed by atoms with Crippen LogP contribution in [-0.4, -0.2) is 63.8 Å². The molecule has 1 heterocycles. The molecule has 2 atom stereocenters. The zero-order valence-corrected chi connectivity index (χ0v) is 19.1. The predicted molar refractivity (Wildman–Crippen MR) is 125 cm³/mol. The van der Waals surface area contributed by atoms with Gasteiger partial charge in [-0.25, -0.2) is 4.99 Å². The zero-order chi connectivity index (χ0) is 22.9. The molecular weight excluding hydrogens is 408 g/mol. The lowest BCUT2D eigenvalue weighted by Crippen LogP contribution is -2.44. The van der Waals surface area contributed by atoms with Gasteiger partial charge in [0.1, 0.15) is 29.9 Å². The molecule has 8 nitrogen and oxygen atoms in total. The van der Waals surface area contributed by atoms with Crippen molar-refractivity contribution in [1.29, 1.82) is 0 Å². The summed E-state index contributed by atoms with van der Waals surface area (Å²) in [5.41, 5.74) is 1.08. The Morgan fingerprint density at radius 3 is 2.78 bits per heavy atom. The van der Waals surface area contributed by atoms with Crippen molar-refractivity contribution in [2.24, 2.45) is 4.99 Å². The van der Waals surface area contributed by atoms with E-state index in [2.05, 4.69) is 15.6 Å². The van der Waals surface area contributed by atoms with Gasteiger partial charge in [-0.1, -0.05) is 24.3 Å². The Morgan fingerprint density at radius 2 is 2.00 bits per heavy atom. The van der Waals surface area contributed by atoms with Crippen molar-refractivity contribution in [3.63, 3.8) is 0 Å². The van der Waals surface area contributed by atoms with Crippen LogP contribution in [-0.2, 0) is 4.79 Å².